The number of carbonyl (C=O) groups is 2. The predicted molar refractivity (Wildman–Crippen MR) is 97.7 cm³/mol. The summed E-state index contributed by atoms with van der Waals surface area (Å²) in [5, 5.41) is 14.4. The van der Waals surface area contributed by atoms with E-state index in [1.54, 1.807) is 0 Å². The first-order valence-corrected chi connectivity index (χ1v) is 8.47. The number of carboxylic acid groups (broad SMARTS) is 1. The average Bonchev–Trinajstić information content (AvgIpc) is 2.61. The Bertz CT molecular complexity index is 764. The van der Waals surface area contributed by atoms with Crippen molar-refractivity contribution < 1.29 is 14.7 Å². The topological polar surface area (TPSA) is 72.9 Å². The van der Waals surface area contributed by atoms with E-state index in [0.717, 1.165) is 23.9 Å². The first kappa shape index (κ1) is 17.4. The van der Waals surface area contributed by atoms with Crippen LogP contribution in [0, 0.1) is 0 Å². The normalized spacial score (nSPS) is 17.3. The van der Waals surface area contributed by atoms with Gasteiger partial charge >= 0.3 is 5.97 Å². The third-order valence-corrected chi connectivity index (χ3v) is 4.71. The largest absolute Gasteiger partial charge is 0.480 e. The van der Waals surface area contributed by atoms with E-state index < -0.39 is 12.0 Å². The molecule has 0 aliphatic carbocycles. The van der Waals surface area contributed by atoms with E-state index in [-0.39, 0.29) is 12.3 Å². The summed E-state index contributed by atoms with van der Waals surface area (Å²) in [6.45, 7) is 2.95. The Morgan fingerprint density at radius 1 is 1.08 bits per heavy atom. The van der Waals surface area contributed by atoms with E-state index in [9.17, 15) is 14.7 Å². The van der Waals surface area contributed by atoms with E-state index in [4.69, 9.17) is 0 Å². The molecule has 1 aliphatic heterocycles. The summed E-state index contributed by atoms with van der Waals surface area (Å²) in [5.41, 5.74) is 0.714. The Balaban J connectivity index is 1.70. The van der Waals surface area contributed by atoms with Crippen molar-refractivity contribution in [1.29, 1.82) is 0 Å². The van der Waals surface area contributed by atoms with Gasteiger partial charge in [0.15, 0.2) is 0 Å². The summed E-state index contributed by atoms with van der Waals surface area (Å²) in [7, 11) is 2.01. The SMILES string of the molecule is CN1CCN([C@H](CC(=O)Nc2cccc3ccccc23)C(=O)O)CC1. The van der Waals surface area contributed by atoms with E-state index >= 15 is 0 Å². The maximum Gasteiger partial charge on any atom is 0.321 e. The number of benzene rings is 2. The fraction of sp³-hybridized carbons (Fsp3) is 0.368. The number of hydrogen-bond acceptors (Lipinski definition) is 4. The molecule has 1 amide bonds. The van der Waals surface area contributed by atoms with Crippen LogP contribution < -0.4 is 5.32 Å². The number of nitrogens with zero attached hydrogens (tertiary/aromatic N) is 2. The summed E-state index contributed by atoms with van der Waals surface area (Å²) in [6.07, 6.45) is -0.0533. The quantitative estimate of drug-likeness (QED) is 0.869. The zero-order chi connectivity index (χ0) is 17.8. The maximum atomic E-state index is 12.5. The van der Waals surface area contributed by atoms with Gasteiger partial charge in [0.1, 0.15) is 6.04 Å². The summed E-state index contributed by atoms with van der Waals surface area (Å²) in [5.74, 6) is -1.22. The lowest BCUT2D eigenvalue weighted by Gasteiger charge is -2.35. The fourth-order valence-electron chi connectivity index (χ4n) is 3.22. The zero-order valence-electron chi connectivity index (χ0n) is 14.3. The van der Waals surface area contributed by atoms with Gasteiger partial charge in [0.05, 0.1) is 6.42 Å². The molecule has 2 aromatic rings. The van der Waals surface area contributed by atoms with Crippen LogP contribution in [-0.2, 0) is 9.59 Å². The second-order valence-corrected chi connectivity index (χ2v) is 6.47. The highest BCUT2D eigenvalue weighted by Crippen LogP contribution is 2.23. The molecule has 0 radical (unpaired) electrons. The minimum Gasteiger partial charge on any atom is -0.480 e. The Kier molecular flexibility index (Phi) is 5.31. The van der Waals surface area contributed by atoms with E-state index in [1.807, 2.05) is 54.4 Å². The van der Waals surface area contributed by atoms with Gasteiger partial charge in [-0.3, -0.25) is 14.5 Å². The summed E-state index contributed by atoms with van der Waals surface area (Å²) >= 11 is 0. The van der Waals surface area contributed by atoms with Crippen LogP contribution in [0.3, 0.4) is 0 Å². The second-order valence-electron chi connectivity index (χ2n) is 6.47. The first-order valence-electron chi connectivity index (χ1n) is 8.47. The van der Waals surface area contributed by atoms with Crippen LogP contribution in [0.25, 0.3) is 10.8 Å². The highest BCUT2D eigenvalue weighted by molar-refractivity contribution is 6.03. The van der Waals surface area contributed by atoms with Crippen LogP contribution in [0.4, 0.5) is 5.69 Å². The number of piperazine rings is 1. The molecule has 1 fully saturated rings. The molecule has 132 valence electrons. The Hall–Kier alpha value is -2.44. The van der Waals surface area contributed by atoms with Crippen LogP contribution in [0.1, 0.15) is 6.42 Å². The molecule has 6 heteroatoms. The van der Waals surface area contributed by atoms with Gasteiger partial charge < -0.3 is 15.3 Å². The highest BCUT2D eigenvalue weighted by atomic mass is 16.4. The van der Waals surface area contributed by atoms with E-state index in [1.165, 1.54) is 0 Å². The van der Waals surface area contributed by atoms with Crippen molar-refractivity contribution in [3.63, 3.8) is 0 Å². The Morgan fingerprint density at radius 2 is 1.76 bits per heavy atom. The number of carboxylic acids is 1. The smallest absolute Gasteiger partial charge is 0.321 e. The van der Waals surface area contributed by atoms with Crippen LogP contribution in [-0.4, -0.2) is 66.1 Å². The molecule has 1 atom stereocenters. The molecule has 1 saturated heterocycles. The summed E-state index contributed by atoms with van der Waals surface area (Å²) in [6, 6.07) is 12.7. The molecule has 2 aromatic carbocycles. The van der Waals surface area contributed by atoms with Crippen molar-refractivity contribution in [3.8, 4) is 0 Å². The molecule has 0 bridgehead atoms. The fourth-order valence-corrected chi connectivity index (χ4v) is 3.22. The van der Waals surface area contributed by atoms with Gasteiger partial charge in [-0.1, -0.05) is 36.4 Å². The first-order chi connectivity index (χ1) is 12.0. The third kappa shape index (κ3) is 4.15. The zero-order valence-corrected chi connectivity index (χ0v) is 14.3. The minimum absolute atomic E-state index is 0.0533. The standard InChI is InChI=1S/C19H23N3O3/c1-21-9-11-22(12-10-21)17(19(24)25)13-18(23)20-16-8-4-6-14-5-2-3-7-15(14)16/h2-8,17H,9-13H2,1H3,(H,20,23)(H,24,25)/t17-/m1/s1. The minimum atomic E-state index is -0.947. The maximum absolute atomic E-state index is 12.5. The van der Waals surface area contributed by atoms with Gasteiger partial charge in [0, 0.05) is 37.3 Å². The third-order valence-electron chi connectivity index (χ3n) is 4.71. The molecule has 0 unspecified atom stereocenters. The monoisotopic (exact) mass is 341 g/mol. The van der Waals surface area contributed by atoms with Gasteiger partial charge in [-0.15, -0.1) is 0 Å². The lowest BCUT2D eigenvalue weighted by molar-refractivity contribution is -0.145. The van der Waals surface area contributed by atoms with E-state index in [0.29, 0.717) is 18.8 Å². The molecule has 0 spiro atoms. The van der Waals surface area contributed by atoms with Gasteiger partial charge in [0.25, 0.3) is 0 Å². The number of amides is 1. The molecular formula is C19H23N3O3. The van der Waals surface area contributed by atoms with Crippen molar-refractivity contribution in [2.24, 2.45) is 0 Å². The van der Waals surface area contributed by atoms with Gasteiger partial charge in [-0.25, -0.2) is 0 Å². The Labute approximate surface area is 147 Å². The van der Waals surface area contributed by atoms with Crippen LogP contribution >= 0.6 is 0 Å². The molecule has 1 aliphatic rings. The summed E-state index contributed by atoms with van der Waals surface area (Å²) < 4.78 is 0. The number of likely N-dealkylation sites (N-methyl/N-ethyl adjacent to an activating group) is 1. The molecule has 3 rings (SSSR count). The van der Waals surface area contributed by atoms with Gasteiger partial charge in [-0.2, -0.15) is 0 Å². The van der Waals surface area contributed by atoms with Crippen LogP contribution in [0.5, 0.6) is 0 Å². The van der Waals surface area contributed by atoms with Gasteiger partial charge in [-0.05, 0) is 18.5 Å². The van der Waals surface area contributed by atoms with Crippen molar-refractivity contribution >= 4 is 28.3 Å². The number of rotatable bonds is 5. The lowest BCUT2D eigenvalue weighted by atomic mass is 10.1. The number of nitrogens with one attached hydrogen (secondary N) is 1. The number of carbonyl (C=O) groups excluding carboxylic acids is 1. The van der Waals surface area contributed by atoms with Crippen molar-refractivity contribution in [2.45, 2.75) is 12.5 Å². The average molecular weight is 341 g/mol. The lowest BCUT2D eigenvalue weighted by Crippen LogP contribution is -2.52. The second kappa shape index (κ2) is 7.63. The van der Waals surface area contributed by atoms with Crippen molar-refractivity contribution in [1.82, 2.24) is 9.80 Å². The van der Waals surface area contributed by atoms with Crippen molar-refractivity contribution in [3.05, 3.63) is 42.5 Å². The van der Waals surface area contributed by atoms with Crippen LogP contribution in [0.2, 0.25) is 0 Å². The molecule has 2 N–H and O–H groups in total. The molecule has 0 aromatic heterocycles. The van der Waals surface area contributed by atoms with Crippen LogP contribution in [0.15, 0.2) is 42.5 Å². The molecule has 6 nitrogen and oxygen atoms in total. The van der Waals surface area contributed by atoms with Gasteiger partial charge in [0.2, 0.25) is 5.91 Å². The molecule has 1 heterocycles. The number of aliphatic carboxylic acids is 1. The molecule has 0 saturated carbocycles. The Morgan fingerprint density at radius 3 is 2.48 bits per heavy atom. The number of fused-ring (bicyclic) bond motifs is 1. The number of hydrogen-bond donors (Lipinski definition) is 2. The number of anilines is 1. The summed E-state index contributed by atoms with van der Waals surface area (Å²) in [4.78, 5) is 28.2. The molecule has 25 heavy (non-hydrogen) atoms. The molecular weight excluding hydrogens is 318 g/mol. The van der Waals surface area contributed by atoms with E-state index in [2.05, 4.69) is 10.2 Å². The highest BCUT2D eigenvalue weighted by Gasteiger charge is 2.30. The van der Waals surface area contributed by atoms with Crippen molar-refractivity contribution in [2.75, 3.05) is 38.5 Å². The predicted octanol–water partition coefficient (Wildman–Crippen LogP) is 1.87.